The smallest absolute Gasteiger partial charge is 0.162 e. The highest BCUT2D eigenvalue weighted by atomic mass is 127. The molecular weight excluding hydrogens is 365 g/mol. The molecule has 2 aliphatic rings. The number of hydrogen-bond donors (Lipinski definition) is 1. The summed E-state index contributed by atoms with van der Waals surface area (Å²) in [6, 6.07) is 0. The second kappa shape index (κ2) is 5.40. The summed E-state index contributed by atoms with van der Waals surface area (Å²) in [5, 5.41) is 0. The number of nitrogen functional groups attached to an aromatic ring is 1. The zero-order chi connectivity index (χ0) is 14.3. The highest BCUT2D eigenvalue weighted by Crippen LogP contribution is 2.45. The fourth-order valence-corrected chi connectivity index (χ4v) is 3.74. The summed E-state index contributed by atoms with van der Waals surface area (Å²) in [5.41, 5.74) is 6.94. The molecule has 0 aromatic carbocycles. The Hall–Kier alpha value is -0.430. The van der Waals surface area contributed by atoms with Gasteiger partial charge in [0, 0.05) is 13.0 Å². The van der Waals surface area contributed by atoms with Crippen LogP contribution in [0.2, 0.25) is 0 Å². The van der Waals surface area contributed by atoms with E-state index in [2.05, 4.69) is 34.5 Å². The van der Waals surface area contributed by atoms with Gasteiger partial charge in [0.1, 0.15) is 11.4 Å². The van der Waals surface area contributed by atoms with Gasteiger partial charge in [-0.15, -0.1) is 0 Å². The molecule has 0 amide bonds. The van der Waals surface area contributed by atoms with E-state index in [9.17, 15) is 0 Å². The van der Waals surface area contributed by atoms with E-state index in [4.69, 9.17) is 15.5 Å². The van der Waals surface area contributed by atoms with E-state index < -0.39 is 0 Å². The third kappa shape index (κ3) is 2.54. The third-order valence-corrected chi connectivity index (χ3v) is 5.85. The van der Waals surface area contributed by atoms with Crippen LogP contribution in [0, 0.1) is 9.49 Å². The van der Waals surface area contributed by atoms with Gasteiger partial charge in [-0.3, -0.25) is 0 Å². The Morgan fingerprint density at radius 3 is 2.40 bits per heavy atom. The SMILES string of the molecule is COC1(c2nc(N)c(I)c(C3CC3)n2)CCC(C)CC1. The molecule has 0 atom stereocenters. The molecule has 5 heteroatoms. The van der Waals surface area contributed by atoms with Crippen molar-refractivity contribution in [1.82, 2.24) is 9.97 Å². The first-order valence-corrected chi connectivity index (χ1v) is 8.52. The van der Waals surface area contributed by atoms with Gasteiger partial charge in [-0.05, 0) is 67.0 Å². The molecule has 20 heavy (non-hydrogen) atoms. The average Bonchev–Trinajstić information content (AvgIpc) is 3.27. The molecule has 1 aromatic heterocycles. The number of aromatic nitrogens is 2. The minimum atomic E-state index is -0.325. The van der Waals surface area contributed by atoms with E-state index in [1.54, 1.807) is 7.11 Å². The van der Waals surface area contributed by atoms with Crippen molar-refractivity contribution < 1.29 is 4.74 Å². The molecule has 2 N–H and O–H groups in total. The molecule has 0 unspecified atom stereocenters. The van der Waals surface area contributed by atoms with Gasteiger partial charge in [0.15, 0.2) is 5.82 Å². The predicted molar refractivity (Wildman–Crippen MR) is 87.5 cm³/mol. The van der Waals surface area contributed by atoms with Crippen LogP contribution in [0.3, 0.4) is 0 Å². The van der Waals surface area contributed by atoms with Gasteiger partial charge in [-0.2, -0.15) is 0 Å². The van der Waals surface area contributed by atoms with Crippen LogP contribution in [0.5, 0.6) is 0 Å². The van der Waals surface area contributed by atoms with Gasteiger partial charge < -0.3 is 10.5 Å². The lowest BCUT2D eigenvalue weighted by molar-refractivity contribution is -0.0598. The van der Waals surface area contributed by atoms with E-state index in [0.717, 1.165) is 33.8 Å². The summed E-state index contributed by atoms with van der Waals surface area (Å²) in [6.45, 7) is 2.30. The predicted octanol–water partition coefficient (Wildman–Crippen LogP) is 3.59. The molecule has 2 aliphatic carbocycles. The minimum absolute atomic E-state index is 0.325. The molecule has 0 aliphatic heterocycles. The monoisotopic (exact) mass is 387 g/mol. The fourth-order valence-electron chi connectivity index (χ4n) is 3.06. The number of halogens is 1. The second-order valence-corrected chi connectivity index (χ2v) is 7.37. The van der Waals surface area contributed by atoms with Crippen LogP contribution in [0.4, 0.5) is 5.82 Å². The van der Waals surface area contributed by atoms with Gasteiger partial charge in [0.25, 0.3) is 0 Å². The molecule has 0 saturated heterocycles. The van der Waals surface area contributed by atoms with Gasteiger partial charge in [0.05, 0.1) is 9.26 Å². The van der Waals surface area contributed by atoms with Crippen molar-refractivity contribution in [3.8, 4) is 0 Å². The van der Waals surface area contributed by atoms with Crippen LogP contribution in [0.1, 0.15) is 62.9 Å². The van der Waals surface area contributed by atoms with Crippen LogP contribution in [0.15, 0.2) is 0 Å². The number of anilines is 1. The maximum Gasteiger partial charge on any atom is 0.162 e. The molecule has 2 fully saturated rings. The summed E-state index contributed by atoms with van der Waals surface area (Å²) in [4.78, 5) is 9.43. The number of hydrogen-bond acceptors (Lipinski definition) is 4. The number of nitrogens with zero attached hydrogens (tertiary/aromatic N) is 2. The summed E-state index contributed by atoms with van der Waals surface area (Å²) in [7, 11) is 1.78. The van der Waals surface area contributed by atoms with Crippen molar-refractivity contribution in [2.75, 3.05) is 12.8 Å². The van der Waals surface area contributed by atoms with Gasteiger partial charge >= 0.3 is 0 Å². The topological polar surface area (TPSA) is 61.0 Å². The Kier molecular flexibility index (Phi) is 3.92. The number of methoxy groups -OCH3 is 1. The molecule has 0 spiro atoms. The largest absolute Gasteiger partial charge is 0.383 e. The maximum absolute atomic E-state index is 6.12. The van der Waals surface area contributed by atoms with Gasteiger partial charge in [0.2, 0.25) is 0 Å². The Bertz CT molecular complexity index is 508. The lowest BCUT2D eigenvalue weighted by Crippen LogP contribution is -2.35. The first kappa shape index (κ1) is 14.5. The molecule has 2 saturated carbocycles. The van der Waals surface area contributed by atoms with Crippen molar-refractivity contribution in [1.29, 1.82) is 0 Å². The summed E-state index contributed by atoms with van der Waals surface area (Å²) in [6.07, 6.45) is 6.78. The van der Waals surface area contributed by atoms with Crippen molar-refractivity contribution in [2.45, 2.75) is 57.0 Å². The molecular formula is C15H22IN3O. The Balaban J connectivity index is 1.99. The number of nitrogens with two attached hydrogens (primary N) is 1. The Labute approximate surface area is 134 Å². The highest BCUT2D eigenvalue weighted by Gasteiger charge is 2.40. The van der Waals surface area contributed by atoms with Crippen LogP contribution in [0.25, 0.3) is 0 Å². The normalized spacial score (nSPS) is 30.4. The molecule has 0 radical (unpaired) electrons. The standard InChI is InChI=1S/C15H22IN3O/c1-9-5-7-15(20-2,8-6-9)14-18-12(10-3-4-10)11(16)13(17)19-14/h9-10H,3-8H2,1-2H3,(H2,17,18,19). The van der Waals surface area contributed by atoms with Crippen molar-refractivity contribution in [2.24, 2.45) is 5.92 Å². The quantitative estimate of drug-likeness (QED) is 0.806. The van der Waals surface area contributed by atoms with E-state index >= 15 is 0 Å². The number of ether oxygens (including phenoxy) is 1. The Morgan fingerprint density at radius 2 is 1.85 bits per heavy atom. The van der Waals surface area contributed by atoms with Crippen molar-refractivity contribution >= 4 is 28.4 Å². The highest BCUT2D eigenvalue weighted by molar-refractivity contribution is 14.1. The van der Waals surface area contributed by atoms with E-state index in [0.29, 0.717) is 11.7 Å². The zero-order valence-corrected chi connectivity index (χ0v) is 14.3. The lowest BCUT2D eigenvalue weighted by atomic mass is 9.79. The molecule has 1 heterocycles. The molecule has 4 nitrogen and oxygen atoms in total. The van der Waals surface area contributed by atoms with Crippen molar-refractivity contribution in [3.63, 3.8) is 0 Å². The molecule has 3 rings (SSSR count). The molecule has 0 bridgehead atoms. The van der Waals surface area contributed by atoms with E-state index in [1.807, 2.05) is 0 Å². The first-order valence-electron chi connectivity index (χ1n) is 7.44. The van der Waals surface area contributed by atoms with E-state index in [-0.39, 0.29) is 5.60 Å². The van der Waals surface area contributed by atoms with Crippen LogP contribution in [-0.2, 0) is 10.3 Å². The summed E-state index contributed by atoms with van der Waals surface area (Å²) < 4.78 is 6.91. The van der Waals surface area contributed by atoms with Crippen LogP contribution < -0.4 is 5.73 Å². The lowest BCUT2D eigenvalue weighted by Gasteiger charge is -2.37. The molecule has 110 valence electrons. The van der Waals surface area contributed by atoms with Crippen LogP contribution in [-0.4, -0.2) is 17.1 Å². The van der Waals surface area contributed by atoms with Gasteiger partial charge in [-0.25, -0.2) is 9.97 Å². The number of rotatable bonds is 3. The summed E-state index contributed by atoms with van der Waals surface area (Å²) in [5.74, 6) is 2.78. The molecule has 1 aromatic rings. The second-order valence-electron chi connectivity index (χ2n) is 6.29. The minimum Gasteiger partial charge on any atom is -0.383 e. The zero-order valence-electron chi connectivity index (χ0n) is 12.2. The first-order chi connectivity index (χ1) is 9.55. The fraction of sp³-hybridized carbons (Fsp3) is 0.733. The van der Waals surface area contributed by atoms with E-state index in [1.165, 1.54) is 25.7 Å². The van der Waals surface area contributed by atoms with Gasteiger partial charge in [-0.1, -0.05) is 6.92 Å². The summed E-state index contributed by atoms with van der Waals surface area (Å²) >= 11 is 2.28. The average molecular weight is 387 g/mol. The Morgan fingerprint density at radius 1 is 1.20 bits per heavy atom. The third-order valence-electron chi connectivity index (χ3n) is 4.75. The van der Waals surface area contributed by atoms with Crippen LogP contribution >= 0.6 is 22.6 Å². The van der Waals surface area contributed by atoms with Crippen molar-refractivity contribution in [3.05, 3.63) is 15.1 Å². The maximum atomic E-state index is 6.12.